The summed E-state index contributed by atoms with van der Waals surface area (Å²) in [6, 6.07) is 12.6. The Kier molecular flexibility index (Phi) is 4.37. The third-order valence-electron chi connectivity index (χ3n) is 5.00. The zero-order valence-corrected chi connectivity index (χ0v) is 14.7. The molecule has 1 aromatic carbocycles. The van der Waals surface area contributed by atoms with Crippen LogP contribution in [0, 0.1) is 0 Å². The largest absolute Gasteiger partial charge is 0.464 e. The van der Waals surface area contributed by atoms with E-state index in [-0.39, 0.29) is 17.7 Å². The van der Waals surface area contributed by atoms with E-state index in [1.54, 1.807) is 23.1 Å². The molecule has 2 aromatic heterocycles. The predicted octanol–water partition coefficient (Wildman–Crippen LogP) is 4.32. The number of amides is 1. The summed E-state index contributed by atoms with van der Waals surface area (Å²) in [4.78, 5) is 27.1. The fourth-order valence-electron chi connectivity index (χ4n) is 3.62. The molecule has 1 aliphatic heterocycles. The zero-order valence-electron chi connectivity index (χ0n) is 14.7. The number of piperidine rings is 1. The van der Waals surface area contributed by atoms with Crippen molar-refractivity contribution in [3.05, 3.63) is 70.2 Å². The average Bonchev–Trinajstić information content (AvgIpc) is 3.16. The fourth-order valence-corrected chi connectivity index (χ4v) is 3.62. The number of benzene rings is 1. The Balaban J connectivity index is 1.70. The van der Waals surface area contributed by atoms with Gasteiger partial charge >= 0.3 is 5.63 Å². The quantitative estimate of drug-likeness (QED) is 0.705. The highest BCUT2D eigenvalue weighted by Crippen LogP contribution is 2.33. The van der Waals surface area contributed by atoms with Crippen LogP contribution in [0.3, 0.4) is 0 Å². The SMILES string of the molecule is CCc1ccc(C2CCCCN2C(=O)c2cc3ccccc3c(=O)o2)o1. The van der Waals surface area contributed by atoms with Gasteiger partial charge in [-0.05, 0) is 48.9 Å². The van der Waals surface area contributed by atoms with E-state index in [9.17, 15) is 9.59 Å². The lowest BCUT2D eigenvalue weighted by molar-refractivity contribution is 0.0542. The van der Waals surface area contributed by atoms with E-state index in [1.165, 1.54) is 0 Å². The second kappa shape index (κ2) is 6.83. The maximum Gasteiger partial charge on any atom is 0.344 e. The molecule has 26 heavy (non-hydrogen) atoms. The first-order valence-electron chi connectivity index (χ1n) is 9.10. The first-order chi connectivity index (χ1) is 12.7. The molecule has 1 atom stereocenters. The molecule has 1 fully saturated rings. The normalized spacial score (nSPS) is 17.6. The van der Waals surface area contributed by atoms with Crippen molar-refractivity contribution >= 4 is 16.7 Å². The number of carbonyl (C=O) groups is 1. The molecule has 3 heterocycles. The zero-order chi connectivity index (χ0) is 18.1. The number of hydrogen-bond acceptors (Lipinski definition) is 4. The Morgan fingerprint density at radius 1 is 1.15 bits per heavy atom. The number of likely N-dealkylation sites (tertiary alicyclic amines) is 1. The first kappa shape index (κ1) is 16.6. The number of nitrogens with zero attached hydrogens (tertiary/aromatic N) is 1. The second-order valence-electron chi connectivity index (χ2n) is 6.65. The molecule has 1 amide bonds. The Morgan fingerprint density at radius 3 is 2.81 bits per heavy atom. The van der Waals surface area contributed by atoms with E-state index in [4.69, 9.17) is 8.83 Å². The maximum absolute atomic E-state index is 13.1. The van der Waals surface area contributed by atoms with Gasteiger partial charge in [0.25, 0.3) is 5.91 Å². The van der Waals surface area contributed by atoms with Crippen LogP contribution >= 0.6 is 0 Å². The van der Waals surface area contributed by atoms with Crippen LogP contribution in [0.1, 0.15) is 54.3 Å². The van der Waals surface area contributed by atoms with Crippen LogP contribution in [0.15, 0.2) is 56.1 Å². The summed E-state index contributed by atoms with van der Waals surface area (Å²) in [7, 11) is 0. The molecule has 3 aromatic rings. The van der Waals surface area contributed by atoms with Gasteiger partial charge in [0, 0.05) is 13.0 Å². The number of aryl methyl sites for hydroxylation is 1. The number of furan rings is 1. The summed E-state index contributed by atoms with van der Waals surface area (Å²) in [5.41, 5.74) is -0.480. The van der Waals surface area contributed by atoms with Crippen molar-refractivity contribution in [2.75, 3.05) is 6.54 Å². The standard InChI is InChI=1S/C21H21NO4/c1-2-15-10-11-18(25-15)17-9-5-6-12-22(17)20(23)19-13-14-7-3-4-8-16(14)21(24)26-19/h3-4,7-8,10-11,13,17H,2,5-6,9,12H2,1H3. The second-order valence-corrected chi connectivity index (χ2v) is 6.65. The summed E-state index contributed by atoms with van der Waals surface area (Å²) in [6.07, 6.45) is 3.64. The predicted molar refractivity (Wildman–Crippen MR) is 98.2 cm³/mol. The van der Waals surface area contributed by atoms with Gasteiger partial charge in [-0.2, -0.15) is 0 Å². The van der Waals surface area contributed by atoms with Gasteiger partial charge in [-0.15, -0.1) is 0 Å². The lowest BCUT2D eigenvalue weighted by atomic mass is 9.99. The lowest BCUT2D eigenvalue weighted by Crippen LogP contribution is -2.38. The van der Waals surface area contributed by atoms with Crippen molar-refractivity contribution in [3.8, 4) is 0 Å². The highest BCUT2D eigenvalue weighted by molar-refractivity contribution is 5.95. The van der Waals surface area contributed by atoms with Gasteiger partial charge in [-0.25, -0.2) is 4.79 Å². The molecule has 5 nitrogen and oxygen atoms in total. The molecular weight excluding hydrogens is 330 g/mol. The summed E-state index contributed by atoms with van der Waals surface area (Å²) < 4.78 is 11.2. The molecule has 1 saturated heterocycles. The maximum atomic E-state index is 13.1. The minimum absolute atomic E-state index is 0.0860. The van der Waals surface area contributed by atoms with E-state index in [0.29, 0.717) is 17.3 Å². The molecule has 0 bridgehead atoms. The van der Waals surface area contributed by atoms with Crippen molar-refractivity contribution < 1.29 is 13.6 Å². The van der Waals surface area contributed by atoms with Crippen LogP contribution in [0.5, 0.6) is 0 Å². The minimum atomic E-state index is -0.480. The molecular formula is C21H21NO4. The number of hydrogen-bond donors (Lipinski definition) is 0. The molecule has 0 radical (unpaired) electrons. The number of fused-ring (bicyclic) bond motifs is 1. The van der Waals surface area contributed by atoms with Crippen molar-refractivity contribution in [2.24, 2.45) is 0 Å². The van der Waals surface area contributed by atoms with Gasteiger partial charge in [-0.1, -0.05) is 25.1 Å². The van der Waals surface area contributed by atoms with Crippen LogP contribution in [-0.2, 0) is 6.42 Å². The van der Waals surface area contributed by atoms with Gasteiger partial charge < -0.3 is 13.7 Å². The number of rotatable bonds is 3. The molecule has 4 rings (SSSR count). The fraction of sp³-hybridized carbons (Fsp3) is 0.333. The minimum Gasteiger partial charge on any atom is -0.464 e. The van der Waals surface area contributed by atoms with E-state index in [0.717, 1.165) is 37.2 Å². The topological polar surface area (TPSA) is 63.7 Å². The Bertz CT molecular complexity index is 1000. The molecule has 0 N–H and O–H groups in total. The summed E-state index contributed by atoms with van der Waals surface area (Å²) in [6.45, 7) is 2.67. The molecule has 5 heteroatoms. The highest BCUT2D eigenvalue weighted by atomic mass is 16.4. The third kappa shape index (κ3) is 2.94. The summed E-state index contributed by atoms with van der Waals surface area (Å²) in [5.74, 6) is 1.54. The van der Waals surface area contributed by atoms with Crippen molar-refractivity contribution in [2.45, 2.75) is 38.6 Å². The number of carbonyl (C=O) groups excluding carboxylic acids is 1. The van der Waals surface area contributed by atoms with Gasteiger partial charge in [-0.3, -0.25) is 4.79 Å². The van der Waals surface area contributed by atoms with E-state index in [2.05, 4.69) is 0 Å². The summed E-state index contributed by atoms with van der Waals surface area (Å²) >= 11 is 0. The van der Waals surface area contributed by atoms with Gasteiger partial charge in [0.1, 0.15) is 11.5 Å². The molecule has 134 valence electrons. The van der Waals surface area contributed by atoms with Gasteiger partial charge in [0.2, 0.25) is 0 Å². The Morgan fingerprint density at radius 2 is 2.00 bits per heavy atom. The van der Waals surface area contributed by atoms with Gasteiger partial charge in [0.05, 0.1) is 11.4 Å². The van der Waals surface area contributed by atoms with Crippen LogP contribution in [0.4, 0.5) is 0 Å². The molecule has 1 aliphatic rings. The van der Waals surface area contributed by atoms with Crippen LogP contribution in [0.2, 0.25) is 0 Å². The van der Waals surface area contributed by atoms with E-state index in [1.807, 2.05) is 31.2 Å². The van der Waals surface area contributed by atoms with Crippen molar-refractivity contribution in [1.82, 2.24) is 4.90 Å². The smallest absolute Gasteiger partial charge is 0.344 e. The first-order valence-corrected chi connectivity index (χ1v) is 9.10. The van der Waals surface area contributed by atoms with E-state index < -0.39 is 5.63 Å². The van der Waals surface area contributed by atoms with E-state index >= 15 is 0 Å². The van der Waals surface area contributed by atoms with Crippen LogP contribution in [-0.4, -0.2) is 17.4 Å². The third-order valence-corrected chi connectivity index (χ3v) is 5.00. The average molecular weight is 351 g/mol. The summed E-state index contributed by atoms with van der Waals surface area (Å²) in [5, 5.41) is 1.20. The van der Waals surface area contributed by atoms with Crippen molar-refractivity contribution in [1.29, 1.82) is 0 Å². The monoisotopic (exact) mass is 351 g/mol. The Labute approximate surface area is 151 Å². The molecule has 0 saturated carbocycles. The molecule has 0 spiro atoms. The Hall–Kier alpha value is -2.82. The molecule has 0 aliphatic carbocycles. The van der Waals surface area contributed by atoms with Crippen LogP contribution in [0.25, 0.3) is 10.8 Å². The highest BCUT2D eigenvalue weighted by Gasteiger charge is 2.32. The molecule has 1 unspecified atom stereocenters. The van der Waals surface area contributed by atoms with Gasteiger partial charge in [0.15, 0.2) is 5.76 Å². The lowest BCUT2D eigenvalue weighted by Gasteiger charge is -2.34. The van der Waals surface area contributed by atoms with Crippen LogP contribution < -0.4 is 5.63 Å². The van der Waals surface area contributed by atoms with Crippen molar-refractivity contribution in [3.63, 3.8) is 0 Å².